The third-order valence-electron chi connectivity index (χ3n) is 5.53. The number of hydrogen-bond acceptors (Lipinski definition) is 1. The van der Waals surface area contributed by atoms with Crippen molar-refractivity contribution in [1.82, 2.24) is 0 Å². The monoisotopic (exact) mass is 194 g/mol. The van der Waals surface area contributed by atoms with Gasteiger partial charge in [-0.3, -0.25) is 4.79 Å². The first-order chi connectivity index (χ1) is 6.43. The van der Waals surface area contributed by atoms with E-state index in [-0.39, 0.29) is 0 Å². The molecule has 0 aromatic carbocycles. The number of carbonyl (C=O) groups is 1. The lowest BCUT2D eigenvalue weighted by molar-refractivity contribution is -0.127. The van der Waals surface area contributed by atoms with Crippen LogP contribution in [0.3, 0.4) is 0 Å². The molecule has 1 heteroatoms. The fraction of sp³-hybridized carbons (Fsp3) is 0.923. The number of Topliss-reactive ketones (excluding diaryl/α,β-unsaturated/α-hetero) is 1. The lowest BCUT2D eigenvalue weighted by Gasteiger charge is -2.38. The molecule has 0 aliphatic heterocycles. The Morgan fingerprint density at radius 2 is 2.00 bits per heavy atom. The first kappa shape index (κ1) is 10.2. The number of hydrogen-bond donors (Lipinski definition) is 0. The SMILES string of the molecule is CCC(=O)C1CC2CCC1(C)C2(C)C. The van der Waals surface area contributed by atoms with E-state index < -0.39 is 0 Å². The molecule has 2 bridgehead atoms. The van der Waals surface area contributed by atoms with E-state index in [0.29, 0.717) is 22.5 Å². The molecule has 0 spiro atoms. The van der Waals surface area contributed by atoms with Crippen LogP contribution in [-0.4, -0.2) is 5.78 Å². The highest BCUT2D eigenvalue weighted by Gasteiger charge is 2.62. The van der Waals surface area contributed by atoms with Gasteiger partial charge in [0.1, 0.15) is 5.78 Å². The highest BCUT2D eigenvalue weighted by Crippen LogP contribution is 2.68. The zero-order valence-corrected chi connectivity index (χ0v) is 9.89. The average Bonchev–Trinajstić information content (AvgIpc) is 2.47. The van der Waals surface area contributed by atoms with Crippen LogP contribution in [0.5, 0.6) is 0 Å². The van der Waals surface area contributed by atoms with Crippen molar-refractivity contribution in [3.63, 3.8) is 0 Å². The first-order valence-corrected chi connectivity index (χ1v) is 5.96. The molecule has 0 N–H and O–H groups in total. The summed E-state index contributed by atoms with van der Waals surface area (Å²) < 4.78 is 0. The fourth-order valence-electron chi connectivity index (χ4n) is 3.94. The predicted molar refractivity (Wildman–Crippen MR) is 58.0 cm³/mol. The molecule has 2 aliphatic rings. The van der Waals surface area contributed by atoms with Crippen LogP contribution >= 0.6 is 0 Å². The average molecular weight is 194 g/mol. The number of fused-ring (bicyclic) bond motifs is 2. The number of ketones is 1. The van der Waals surface area contributed by atoms with Gasteiger partial charge in [-0.2, -0.15) is 0 Å². The smallest absolute Gasteiger partial charge is 0.136 e. The van der Waals surface area contributed by atoms with Gasteiger partial charge in [0.2, 0.25) is 0 Å². The van der Waals surface area contributed by atoms with E-state index in [1.165, 1.54) is 12.8 Å². The van der Waals surface area contributed by atoms with Crippen molar-refractivity contribution in [2.24, 2.45) is 22.7 Å². The van der Waals surface area contributed by atoms with Crippen LogP contribution in [0.4, 0.5) is 0 Å². The minimum Gasteiger partial charge on any atom is -0.299 e. The second kappa shape index (κ2) is 2.84. The molecule has 80 valence electrons. The van der Waals surface area contributed by atoms with Crippen LogP contribution in [0, 0.1) is 22.7 Å². The van der Waals surface area contributed by atoms with Gasteiger partial charge < -0.3 is 0 Å². The third-order valence-corrected chi connectivity index (χ3v) is 5.53. The minimum absolute atomic E-state index is 0.296. The molecule has 14 heavy (non-hydrogen) atoms. The van der Waals surface area contributed by atoms with Gasteiger partial charge in [0, 0.05) is 12.3 Å². The summed E-state index contributed by atoms with van der Waals surface area (Å²) in [5, 5.41) is 0. The third kappa shape index (κ3) is 0.988. The molecule has 2 saturated carbocycles. The Bertz CT molecular complexity index is 266. The van der Waals surface area contributed by atoms with Gasteiger partial charge in [0.25, 0.3) is 0 Å². The zero-order valence-electron chi connectivity index (χ0n) is 9.89. The van der Waals surface area contributed by atoms with Crippen LogP contribution in [0.25, 0.3) is 0 Å². The summed E-state index contributed by atoms with van der Waals surface area (Å²) in [5.74, 6) is 1.66. The summed E-state index contributed by atoms with van der Waals surface area (Å²) in [7, 11) is 0. The van der Waals surface area contributed by atoms with Gasteiger partial charge in [0.05, 0.1) is 0 Å². The largest absolute Gasteiger partial charge is 0.299 e. The summed E-state index contributed by atoms with van der Waals surface area (Å²) in [6.45, 7) is 9.09. The lowest BCUT2D eigenvalue weighted by Crippen LogP contribution is -2.35. The molecule has 0 aromatic heterocycles. The van der Waals surface area contributed by atoms with Gasteiger partial charge in [0.15, 0.2) is 0 Å². The van der Waals surface area contributed by atoms with Gasteiger partial charge >= 0.3 is 0 Å². The Kier molecular flexibility index (Phi) is 2.06. The van der Waals surface area contributed by atoms with Gasteiger partial charge in [-0.05, 0) is 36.0 Å². The van der Waals surface area contributed by atoms with E-state index in [1.54, 1.807) is 0 Å². The quantitative estimate of drug-likeness (QED) is 0.658. The standard InChI is InChI=1S/C13H22O/c1-5-11(14)10-8-9-6-7-13(10,4)12(9,2)3/h9-10H,5-8H2,1-4H3. The Labute approximate surface area is 87.3 Å². The van der Waals surface area contributed by atoms with Crippen LogP contribution in [0.2, 0.25) is 0 Å². The highest BCUT2D eigenvalue weighted by molar-refractivity contribution is 5.82. The van der Waals surface area contributed by atoms with Crippen molar-refractivity contribution < 1.29 is 4.79 Å². The molecular formula is C13H22O. The van der Waals surface area contributed by atoms with Gasteiger partial charge in [-0.15, -0.1) is 0 Å². The Hall–Kier alpha value is -0.330. The second-order valence-electron chi connectivity index (χ2n) is 5.98. The molecule has 2 aliphatic carbocycles. The maximum Gasteiger partial charge on any atom is 0.136 e. The summed E-state index contributed by atoms with van der Waals surface area (Å²) in [5.41, 5.74) is 0.688. The van der Waals surface area contributed by atoms with Crippen LogP contribution < -0.4 is 0 Å². The van der Waals surface area contributed by atoms with E-state index in [1.807, 2.05) is 6.92 Å². The summed E-state index contributed by atoms with van der Waals surface area (Å²) in [4.78, 5) is 11.9. The Morgan fingerprint density at radius 1 is 1.36 bits per heavy atom. The maximum absolute atomic E-state index is 11.9. The molecule has 2 fully saturated rings. The molecule has 2 rings (SSSR count). The minimum atomic E-state index is 0.296. The van der Waals surface area contributed by atoms with Crippen molar-refractivity contribution in [3.05, 3.63) is 0 Å². The van der Waals surface area contributed by atoms with E-state index in [4.69, 9.17) is 0 Å². The molecule has 0 radical (unpaired) electrons. The van der Waals surface area contributed by atoms with Crippen LogP contribution in [-0.2, 0) is 4.79 Å². The van der Waals surface area contributed by atoms with Crippen molar-refractivity contribution in [3.8, 4) is 0 Å². The topological polar surface area (TPSA) is 17.1 Å². The number of carbonyl (C=O) groups excluding carboxylic acids is 1. The fourth-order valence-corrected chi connectivity index (χ4v) is 3.94. The van der Waals surface area contributed by atoms with Gasteiger partial charge in [-0.25, -0.2) is 0 Å². The number of rotatable bonds is 2. The molecule has 3 unspecified atom stereocenters. The molecule has 0 heterocycles. The highest BCUT2D eigenvalue weighted by atomic mass is 16.1. The van der Waals surface area contributed by atoms with Crippen molar-refractivity contribution in [1.29, 1.82) is 0 Å². The Morgan fingerprint density at radius 3 is 2.36 bits per heavy atom. The van der Waals surface area contributed by atoms with E-state index in [2.05, 4.69) is 20.8 Å². The summed E-state index contributed by atoms with van der Waals surface area (Å²) >= 11 is 0. The summed E-state index contributed by atoms with van der Waals surface area (Å²) in [6, 6.07) is 0. The Balaban J connectivity index is 2.31. The van der Waals surface area contributed by atoms with Crippen molar-refractivity contribution >= 4 is 5.78 Å². The molecular weight excluding hydrogens is 172 g/mol. The molecule has 0 saturated heterocycles. The molecule has 1 nitrogen and oxygen atoms in total. The lowest BCUT2D eigenvalue weighted by atomic mass is 9.65. The van der Waals surface area contributed by atoms with Crippen LogP contribution in [0.1, 0.15) is 53.4 Å². The normalized spacial score (nSPS) is 44.3. The van der Waals surface area contributed by atoms with Crippen molar-refractivity contribution in [2.45, 2.75) is 53.4 Å². The zero-order chi connectivity index (χ0) is 10.6. The molecule has 0 aromatic rings. The van der Waals surface area contributed by atoms with E-state index in [9.17, 15) is 4.79 Å². The predicted octanol–water partition coefficient (Wildman–Crippen LogP) is 3.43. The molecule has 3 atom stereocenters. The molecule has 0 amide bonds. The van der Waals surface area contributed by atoms with Crippen molar-refractivity contribution in [2.75, 3.05) is 0 Å². The summed E-state index contributed by atoms with van der Waals surface area (Å²) in [6.07, 6.45) is 4.50. The second-order valence-corrected chi connectivity index (χ2v) is 5.98. The van der Waals surface area contributed by atoms with Crippen LogP contribution in [0.15, 0.2) is 0 Å². The van der Waals surface area contributed by atoms with E-state index >= 15 is 0 Å². The van der Waals surface area contributed by atoms with E-state index in [0.717, 1.165) is 18.8 Å². The van der Waals surface area contributed by atoms with Gasteiger partial charge in [-0.1, -0.05) is 27.7 Å². The maximum atomic E-state index is 11.9. The first-order valence-electron chi connectivity index (χ1n) is 5.96.